The zero-order valence-electron chi connectivity index (χ0n) is 43.6. The van der Waals surface area contributed by atoms with Crippen molar-refractivity contribution in [3.05, 3.63) is 142 Å². The summed E-state index contributed by atoms with van der Waals surface area (Å²) < 4.78 is 31.4. The minimum Gasteiger partial charge on any atom is -0.481 e. The number of hydrogen-bond acceptors (Lipinski definition) is 15. The van der Waals surface area contributed by atoms with Crippen LogP contribution in [0.15, 0.2) is 119 Å². The molecule has 0 spiro atoms. The van der Waals surface area contributed by atoms with E-state index in [2.05, 4.69) is 100 Å². The lowest BCUT2D eigenvalue weighted by molar-refractivity contribution is -0.136. The highest BCUT2D eigenvalue weighted by molar-refractivity contribution is 9.10. The number of aromatic nitrogens is 8. The Balaban J connectivity index is 0.000000343. The summed E-state index contributed by atoms with van der Waals surface area (Å²) in [7, 11) is 0. The van der Waals surface area contributed by atoms with E-state index >= 15 is 0 Å². The largest absolute Gasteiger partial charge is 0.481 e. The second kappa shape index (κ2) is 32.2. The molecule has 2 saturated heterocycles. The molecule has 27 heteroatoms. The molecule has 440 valence electrons. The van der Waals surface area contributed by atoms with Crippen molar-refractivity contribution in [1.29, 1.82) is 0 Å². The van der Waals surface area contributed by atoms with Crippen molar-refractivity contribution in [2.24, 2.45) is 0 Å². The maximum absolute atomic E-state index is 14.4. The van der Waals surface area contributed by atoms with Crippen LogP contribution < -0.4 is 16.0 Å². The second-order valence-electron chi connectivity index (χ2n) is 18.2. The van der Waals surface area contributed by atoms with Crippen LogP contribution in [0.5, 0.6) is 0 Å². The monoisotopic (exact) mass is 1340 g/mol. The van der Waals surface area contributed by atoms with E-state index in [0.29, 0.717) is 54.7 Å². The van der Waals surface area contributed by atoms with Gasteiger partial charge in [0.1, 0.15) is 50.9 Å². The zero-order valence-corrected chi connectivity index (χ0v) is 50.2. The van der Waals surface area contributed by atoms with E-state index in [9.17, 15) is 37.5 Å². The van der Waals surface area contributed by atoms with Gasteiger partial charge in [0.15, 0.2) is 0 Å². The number of nitrogens with one attached hydrogen (secondary N) is 3. The Morgan fingerprint density at radius 1 is 0.663 bits per heavy atom. The standard InChI is InChI=1S/C27H24BrFN6O3.C17H15N3O3.C10H11BrFN3O.2CH4.ClH.S2.H2S/c1-15-30-11-19(12-31-15)17-6-7-21-18(13-34(16(2)36)22(21)8-17)9-26(37)35-14-20(29)10-23(35)27(38)33-25-5-3-4-24(28)32-25;1-10-18-7-14(8-19-10)12-3-4-15-13(6-17(22)23)9-20(11(2)21)16(15)5-12;11-8-2-1-3-9(14-8)15-10(16)7-4-6(12)5-13-7;;;;1-2;/h3-8,11-13,20,23H,9-10,14H2,1-2H3,(H,32,33,38);3-5,7-9H,6H2,1-2H3,(H,22,23);1-3,6-7,13H,4-5H2,(H,14,15,16);2*1H4;1H;;1H2/t20-,23+;;6-,7+;;;;;/m1.1...../s1. The molecule has 2 aliphatic heterocycles. The maximum atomic E-state index is 14.4. The molecule has 0 saturated carbocycles. The molecule has 83 heavy (non-hydrogen) atoms. The Bertz CT molecular complexity index is 3590. The van der Waals surface area contributed by atoms with E-state index < -0.39 is 42.2 Å². The quantitative estimate of drug-likeness (QED) is 0.0930. The van der Waals surface area contributed by atoms with Crippen molar-refractivity contribution in [2.45, 2.75) is 92.7 Å². The minimum atomic E-state index is -1.32. The minimum absolute atomic E-state index is 0. The fourth-order valence-electron chi connectivity index (χ4n) is 8.85. The van der Waals surface area contributed by atoms with Crippen LogP contribution in [0.1, 0.15) is 73.9 Å². The Kier molecular flexibility index (Phi) is 27.3. The lowest BCUT2D eigenvalue weighted by atomic mass is 10.0. The molecule has 8 aromatic rings. The van der Waals surface area contributed by atoms with Crippen LogP contribution >= 0.6 is 57.8 Å². The van der Waals surface area contributed by atoms with Crippen LogP contribution in [-0.2, 0) is 54.4 Å². The zero-order chi connectivity index (χ0) is 57.1. The van der Waals surface area contributed by atoms with Gasteiger partial charge in [0.2, 0.25) is 29.5 Å². The molecule has 0 unspecified atom stereocenters. The van der Waals surface area contributed by atoms with Crippen molar-refractivity contribution in [1.82, 2.24) is 49.3 Å². The Morgan fingerprint density at radius 3 is 1.52 bits per heavy atom. The van der Waals surface area contributed by atoms with Crippen molar-refractivity contribution in [3.63, 3.8) is 0 Å². The molecule has 0 aliphatic carbocycles. The Hall–Kier alpha value is -6.94. The molecule has 2 aliphatic rings. The predicted octanol–water partition coefficient (Wildman–Crippen LogP) is 10.3. The van der Waals surface area contributed by atoms with Crippen LogP contribution in [0.2, 0.25) is 0 Å². The highest BCUT2D eigenvalue weighted by Crippen LogP contribution is 2.31. The SMILES string of the molecule is C.C.CC(=O)n1cc(CC(=O)N2C[C@H](F)C[C@H]2C(=O)Nc2cccc(Br)n2)c2ccc(-c3cnc(C)nc3)cc21.CC(=O)n1cc(CC(=O)O)c2ccc(-c3cnc(C)nc3)cc21.Cl.O=C(Nc1cccc(Br)n1)[C@@H]1C[C@@H](F)CN1.S.S=S. The molecular formula is C56H61Br2ClF2N12O7S3. The fraction of sp³-hybridized carbons (Fsp3) is 0.286. The number of carboxylic acids is 1. The molecule has 19 nitrogen and oxygen atoms in total. The number of amides is 3. The summed E-state index contributed by atoms with van der Waals surface area (Å²) in [6, 6.07) is 20.0. The van der Waals surface area contributed by atoms with E-state index in [1.165, 1.54) is 27.9 Å². The summed E-state index contributed by atoms with van der Waals surface area (Å²) in [5.74, 6) is -0.341. The first-order chi connectivity index (χ1) is 37.8. The summed E-state index contributed by atoms with van der Waals surface area (Å²) in [6.45, 7) is 6.57. The van der Waals surface area contributed by atoms with Crippen molar-refractivity contribution < 1.29 is 42.7 Å². The number of aliphatic carboxylic acids is 1. The first kappa shape index (κ1) is 70.3. The second-order valence-corrected chi connectivity index (χ2v) is 19.8. The van der Waals surface area contributed by atoms with Crippen molar-refractivity contribution in [2.75, 3.05) is 23.7 Å². The maximum Gasteiger partial charge on any atom is 0.307 e. The average Bonchev–Trinajstić information content (AvgIpc) is 4.25. The van der Waals surface area contributed by atoms with Gasteiger partial charge in [-0.15, -0.1) is 12.4 Å². The summed E-state index contributed by atoms with van der Waals surface area (Å²) >= 11 is 13.8. The average molecular weight is 1340 g/mol. The van der Waals surface area contributed by atoms with Gasteiger partial charge < -0.3 is 26.0 Å². The highest BCUT2D eigenvalue weighted by Gasteiger charge is 2.40. The molecule has 4 atom stereocenters. The number of nitrogens with zero attached hydrogens (tertiary/aromatic N) is 9. The first-order valence-electron chi connectivity index (χ1n) is 24.2. The lowest BCUT2D eigenvalue weighted by Gasteiger charge is -2.23. The molecule has 3 amide bonds. The fourth-order valence-corrected chi connectivity index (χ4v) is 9.53. The number of likely N-dealkylation sites (tertiary alicyclic amines) is 1. The lowest BCUT2D eigenvalue weighted by Crippen LogP contribution is -2.44. The van der Waals surface area contributed by atoms with E-state index in [1.807, 2.05) is 43.3 Å². The topological polar surface area (TPSA) is 249 Å². The summed E-state index contributed by atoms with van der Waals surface area (Å²) in [4.78, 5) is 99.6. The van der Waals surface area contributed by atoms with Crippen LogP contribution in [0.25, 0.3) is 44.1 Å². The van der Waals surface area contributed by atoms with Crippen LogP contribution in [0, 0.1) is 13.8 Å². The number of fused-ring (bicyclic) bond motifs is 2. The van der Waals surface area contributed by atoms with Gasteiger partial charge in [-0.1, -0.05) is 51.3 Å². The molecule has 4 N–H and O–H groups in total. The molecule has 0 bridgehead atoms. The van der Waals surface area contributed by atoms with Gasteiger partial charge in [-0.3, -0.25) is 37.9 Å². The normalized spacial score (nSPS) is 15.6. The number of rotatable bonds is 10. The van der Waals surface area contributed by atoms with Gasteiger partial charge in [-0.25, -0.2) is 38.7 Å². The van der Waals surface area contributed by atoms with E-state index in [-0.39, 0.29) is 97.3 Å². The third-order valence-electron chi connectivity index (χ3n) is 12.6. The van der Waals surface area contributed by atoms with Gasteiger partial charge >= 0.3 is 5.97 Å². The van der Waals surface area contributed by atoms with Gasteiger partial charge in [0.05, 0.1) is 36.5 Å². The molecular weight excluding hydrogens is 1280 g/mol. The molecule has 8 heterocycles. The highest BCUT2D eigenvalue weighted by atomic mass is 79.9. The number of hydrogen-bond donors (Lipinski definition) is 4. The number of aryl methyl sites for hydroxylation is 2. The van der Waals surface area contributed by atoms with Crippen LogP contribution in [0.4, 0.5) is 20.4 Å². The van der Waals surface area contributed by atoms with E-state index in [0.717, 1.165) is 33.0 Å². The number of carbonyl (C=O) groups is 6. The number of carbonyl (C=O) groups excluding carboxylic acids is 5. The smallest absolute Gasteiger partial charge is 0.307 e. The molecule has 6 aromatic heterocycles. The predicted molar refractivity (Wildman–Crippen MR) is 336 cm³/mol. The first-order valence-corrected chi connectivity index (χ1v) is 27.2. The molecule has 10 rings (SSSR count). The third kappa shape index (κ3) is 18.3. The van der Waals surface area contributed by atoms with Gasteiger partial charge in [0.25, 0.3) is 0 Å². The Labute approximate surface area is 518 Å². The van der Waals surface area contributed by atoms with E-state index in [4.69, 9.17) is 5.11 Å². The third-order valence-corrected chi connectivity index (χ3v) is 13.4. The Morgan fingerprint density at radius 2 is 1.11 bits per heavy atom. The molecule has 0 radical (unpaired) electrons. The number of carboxylic acid groups (broad SMARTS) is 1. The molecule has 2 aromatic carbocycles. The van der Waals surface area contributed by atoms with Crippen molar-refractivity contribution >= 4 is 149 Å². The number of benzene rings is 2. The summed E-state index contributed by atoms with van der Waals surface area (Å²) in [5, 5.41) is 18.6. The van der Waals surface area contributed by atoms with Crippen LogP contribution in [-0.4, -0.2) is 122 Å². The number of halogens is 5. The van der Waals surface area contributed by atoms with E-state index in [1.54, 1.807) is 80.5 Å². The number of pyridine rings is 2. The summed E-state index contributed by atoms with van der Waals surface area (Å²) in [5.41, 5.74) is 5.90. The van der Waals surface area contributed by atoms with Gasteiger partial charge in [-0.2, -0.15) is 13.5 Å². The van der Waals surface area contributed by atoms with Gasteiger partial charge in [-0.05, 0) is 104 Å². The molecule has 2 fully saturated rings. The van der Waals surface area contributed by atoms with Crippen LogP contribution in [0.3, 0.4) is 0 Å². The number of anilines is 2. The van der Waals surface area contributed by atoms with Gasteiger partial charge in [0, 0.05) is 115 Å². The van der Waals surface area contributed by atoms with Crippen molar-refractivity contribution in [3.8, 4) is 22.3 Å². The summed E-state index contributed by atoms with van der Waals surface area (Å²) in [6.07, 6.45) is 7.76. The number of alkyl halides is 2.